The number of hydrogen-bond acceptors (Lipinski definition) is 7. The van der Waals surface area contributed by atoms with Crippen LogP contribution in [0.2, 0.25) is 0 Å². The van der Waals surface area contributed by atoms with Crippen molar-refractivity contribution in [2.24, 2.45) is 11.8 Å². The summed E-state index contributed by atoms with van der Waals surface area (Å²) in [4.78, 5) is 30.8. The third-order valence-corrected chi connectivity index (χ3v) is 8.37. The lowest BCUT2D eigenvalue weighted by Crippen LogP contribution is -2.49. The molecule has 0 spiro atoms. The fraction of sp³-hybridized carbons (Fsp3) is 0.519. The number of anilines is 1. The van der Waals surface area contributed by atoms with E-state index in [1.807, 2.05) is 13.8 Å². The Morgan fingerprint density at radius 2 is 1.93 bits per heavy atom. The van der Waals surface area contributed by atoms with Crippen molar-refractivity contribution in [3.63, 3.8) is 0 Å². The number of carbonyl (C=O) groups excluding carboxylic acids is 2. The third-order valence-electron chi connectivity index (χ3n) is 7.45. The van der Waals surface area contributed by atoms with Crippen molar-refractivity contribution in [2.45, 2.75) is 65.5 Å². The topological polar surface area (TPSA) is 152 Å². The average molecular weight is 574 g/mol. The lowest BCUT2D eigenvalue weighted by atomic mass is 9.79. The number of aromatic amines is 1. The van der Waals surface area contributed by atoms with Crippen LogP contribution >= 0.6 is 0 Å². The summed E-state index contributed by atoms with van der Waals surface area (Å²) in [7, 11) is -3.26. The number of carbonyl (C=O) groups is 2. The molecule has 1 atom stereocenters. The van der Waals surface area contributed by atoms with E-state index in [1.165, 1.54) is 23.0 Å². The molecule has 1 aliphatic carbocycles. The Kier molecular flexibility index (Phi) is 9.02. The lowest BCUT2D eigenvalue weighted by molar-refractivity contribution is -0.119. The predicted molar refractivity (Wildman–Crippen MR) is 149 cm³/mol. The van der Waals surface area contributed by atoms with Gasteiger partial charge in [0.15, 0.2) is 0 Å². The molecule has 4 rings (SSSR count). The summed E-state index contributed by atoms with van der Waals surface area (Å²) >= 11 is 0. The van der Waals surface area contributed by atoms with E-state index < -0.39 is 33.6 Å². The number of H-pyrrole nitrogens is 1. The molecule has 1 aliphatic rings. The highest BCUT2D eigenvalue weighted by atomic mass is 32.2. The van der Waals surface area contributed by atoms with E-state index in [1.54, 1.807) is 6.07 Å². The number of rotatable bonds is 10. The maximum atomic E-state index is 15.1. The number of pyridine rings is 1. The molecule has 0 aliphatic heterocycles. The smallest absolute Gasteiger partial charge is 0.270 e. The van der Waals surface area contributed by atoms with E-state index in [2.05, 4.69) is 37.8 Å². The van der Waals surface area contributed by atoms with Crippen molar-refractivity contribution in [3.05, 3.63) is 47.4 Å². The highest BCUT2D eigenvalue weighted by Gasteiger charge is 2.33. The van der Waals surface area contributed by atoms with Gasteiger partial charge in [0.05, 0.1) is 18.0 Å². The van der Waals surface area contributed by atoms with Crippen LogP contribution in [0.3, 0.4) is 0 Å². The third kappa shape index (κ3) is 6.93. The van der Waals surface area contributed by atoms with Crippen LogP contribution in [-0.2, 0) is 27.6 Å². The summed E-state index contributed by atoms with van der Waals surface area (Å²) in [6.45, 7) is 5.90. The minimum absolute atomic E-state index is 0.0117. The average Bonchev–Trinajstić information content (AvgIpc) is 3.52. The molecule has 3 N–H and O–H groups in total. The van der Waals surface area contributed by atoms with Gasteiger partial charge in [0, 0.05) is 29.3 Å². The first-order chi connectivity index (χ1) is 19.0. The molecule has 1 fully saturated rings. The van der Waals surface area contributed by atoms with Gasteiger partial charge in [0.1, 0.15) is 27.4 Å². The van der Waals surface area contributed by atoms with E-state index in [0.29, 0.717) is 17.9 Å². The van der Waals surface area contributed by atoms with Crippen molar-refractivity contribution in [1.82, 2.24) is 30.3 Å². The molecule has 0 saturated heterocycles. The number of amides is 2. The molecule has 13 heteroatoms. The lowest BCUT2D eigenvalue weighted by Gasteiger charge is -2.32. The van der Waals surface area contributed by atoms with E-state index in [0.717, 1.165) is 43.3 Å². The summed E-state index contributed by atoms with van der Waals surface area (Å²) in [6, 6.07) is 3.67. The van der Waals surface area contributed by atoms with E-state index in [9.17, 15) is 18.0 Å². The summed E-state index contributed by atoms with van der Waals surface area (Å²) < 4.78 is 39.7. The van der Waals surface area contributed by atoms with Gasteiger partial charge in [-0.15, -0.1) is 0 Å². The zero-order valence-corrected chi connectivity index (χ0v) is 24.0. The van der Waals surface area contributed by atoms with E-state index in [4.69, 9.17) is 0 Å². The van der Waals surface area contributed by atoms with Crippen LogP contribution in [0, 0.1) is 24.7 Å². The van der Waals surface area contributed by atoms with Crippen LogP contribution in [0.5, 0.6) is 0 Å². The summed E-state index contributed by atoms with van der Waals surface area (Å²) in [5.41, 5.74) is 2.54. The molecule has 11 nitrogen and oxygen atoms in total. The van der Waals surface area contributed by atoms with Crippen LogP contribution < -0.4 is 10.6 Å². The van der Waals surface area contributed by atoms with Crippen molar-refractivity contribution in [2.75, 3.05) is 17.3 Å². The monoisotopic (exact) mass is 573 g/mol. The van der Waals surface area contributed by atoms with Gasteiger partial charge in [-0.3, -0.25) is 19.4 Å². The van der Waals surface area contributed by atoms with Crippen LogP contribution in [0.25, 0.3) is 11.1 Å². The number of aryl methyl sites for hydroxylation is 3. The standard InChI is InChI=1S/C27H36FN7O4S/c1-5-20-23(17(3)33-34-20)19-10-11-22(30-25(19)28)31-27(37)24(18-8-6-16(2)7-9-18)32-26(36)21-12-13-29-35(21)14-15-40(4,38)39/h10-13,16,18,24H,5-9,14-15H2,1-4H3,(H,32,36)(H,33,34)(H,30,31,37)/t16?,18?,24-/m0/s1. The summed E-state index contributed by atoms with van der Waals surface area (Å²) in [5.74, 6) is -1.52. The normalized spacial score (nSPS) is 18.3. The van der Waals surface area contributed by atoms with Crippen molar-refractivity contribution in [1.29, 1.82) is 0 Å². The number of halogens is 1. The highest BCUT2D eigenvalue weighted by molar-refractivity contribution is 7.90. The fourth-order valence-corrected chi connectivity index (χ4v) is 5.68. The largest absolute Gasteiger partial charge is 0.339 e. The minimum atomic E-state index is -3.26. The van der Waals surface area contributed by atoms with Crippen molar-refractivity contribution in [3.8, 4) is 11.1 Å². The molecule has 3 aromatic rings. The van der Waals surface area contributed by atoms with Crippen molar-refractivity contribution >= 4 is 27.5 Å². The molecule has 3 aromatic heterocycles. The molecule has 0 radical (unpaired) electrons. The predicted octanol–water partition coefficient (Wildman–Crippen LogP) is 3.29. The SMILES string of the molecule is CCc1n[nH]c(C)c1-c1ccc(NC(=O)[C@@H](NC(=O)c2ccnn2CCS(C)(=O)=O)C2CCC(C)CC2)nc1F. The highest BCUT2D eigenvalue weighted by Crippen LogP contribution is 2.32. The van der Waals surface area contributed by atoms with Gasteiger partial charge in [-0.2, -0.15) is 14.6 Å². The second-order valence-electron chi connectivity index (χ2n) is 10.6. The summed E-state index contributed by atoms with van der Waals surface area (Å²) in [5, 5.41) is 16.7. The van der Waals surface area contributed by atoms with Crippen LogP contribution in [-0.4, -0.2) is 63.2 Å². The van der Waals surface area contributed by atoms with Gasteiger partial charge in [-0.05, 0) is 56.2 Å². The van der Waals surface area contributed by atoms with Crippen LogP contribution in [0.15, 0.2) is 24.4 Å². The Morgan fingerprint density at radius 1 is 1.20 bits per heavy atom. The zero-order valence-electron chi connectivity index (χ0n) is 23.2. The second kappa shape index (κ2) is 12.3. The molecule has 2 amide bonds. The van der Waals surface area contributed by atoms with Gasteiger partial charge in [-0.25, -0.2) is 13.4 Å². The van der Waals surface area contributed by atoms with Gasteiger partial charge < -0.3 is 10.6 Å². The molecule has 0 bridgehead atoms. The first-order valence-corrected chi connectivity index (χ1v) is 15.5. The van der Waals surface area contributed by atoms with Gasteiger partial charge >= 0.3 is 0 Å². The van der Waals surface area contributed by atoms with Gasteiger partial charge in [-0.1, -0.05) is 26.7 Å². The number of hydrogen-bond donors (Lipinski definition) is 3. The molecule has 0 unspecified atom stereocenters. The van der Waals surface area contributed by atoms with E-state index >= 15 is 4.39 Å². The van der Waals surface area contributed by atoms with Crippen LogP contribution in [0.1, 0.15) is 61.4 Å². The maximum absolute atomic E-state index is 15.1. The molecule has 0 aromatic carbocycles. The minimum Gasteiger partial charge on any atom is -0.339 e. The number of aromatic nitrogens is 5. The van der Waals surface area contributed by atoms with Gasteiger partial charge in [0.25, 0.3) is 5.91 Å². The second-order valence-corrected chi connectivity index (χ2v) is 12.8. The quantitative estimate of drug-likeness (QED) is 0.315. The Labute approximate surface area is 233 Å². The maximum Gasteiger partial charge on any atom is 0.270 e. The molecule has 216 valence electrons. The first kappa shape index (κ1) is 29.4. The van der Waals surface area contributed by atoms with Gasteiger partial charge in [0.2, 0.25) is 11.9 Å². The molecule has 1 saturated carbocycles. The Bertz CT molecular complexity index is 1480. The fourth-order valence-electron chi connectivity index (χ4n) is 5.18. The zero-order chi connectivity index (χ0) is 29.0. The molecular weight excluding hydrogens is 537 g/mol. The van der Waals surface area contributed by atoms with Crippen molar-refractivity contribution < 1.29 is 22.4 Å². The molecular formula is C27H36FN7O4S. The summed E-state index contributed by atoms with van der Waals surface area (Å²) in [6.07, 6.45) is 6.47. The Morgan fingerprint density at radius 3 is 2.58 bits per heavy atom. The Balaban J connectivity index is 1.54. The number of nitrogens with zero attached hydrogens (tertiary/aromatic N) is 4. The first-order valence-electron chi connectivity index (χ1n) is 13.5. The number of sulfone groups is 1. The van der Waals surface area contributed by atoms with E-state index in [-0.39, 0.29) is 35.3 Å². The molecule has 40 heavy (non-hydrogen) atoms. The number of nitrogens with one attached hydrogen (secondary N) is 3. The molecule has 3 heterocycles. The van der Waals surface area contributed by atoms with Crippen LogP contribution in [0.4, 0.5) is 10.2 Å². The Hall–Kier alpha value is -3.61.